The van der Waals surface area contributed by atoms with Crippen molar-refractivity contribution in [2.45, 2.75) is 25.8 Å². The van der Waals surface area contributed by atoms with Gasteiger partial charge in [0.2, 0.25) is 0 Å². The molecule has 0 spiro atoms. The van der Waals surface area contributed by atoms with Crippen LogP contribution < -0.4 is 10.2 Å². The molecule has 3 rings (SSSR count). The highest BCUT2D eigenvalue weighted by atomic mass is 16.5. The zero-order chi connectivity index (χ0) is 14.5. The van der Waals surface area contributed by atoms with Gasteiger partial charge in [-0.1, -0.05) is 6.07 Å². The van der Waals surface area contributed by atoms with Gasteiger partial charge in [0.05, 0.1) is 13.2 Å². The van der Waals surface area contributed by atoms with E-state index in [-0.39, 0.29) is 0 Å². The second-order valence-corrected chi connectivity index (χ2v) is 6.03. The quantitative estimate of drug-likeness (QED) is 0.924. The van der Waals surface area contributed by atoms with Crippen LogP contribution in [0.1, 0.15) is 19.8 Å². The standard InChI is InChI=1S/C17H26N2O2/c1-14(15-5-9-20-10-6-15)18-16-3-2-4-17(13-16)19-7-11-21-12-8-19/h2-4,13-15,18H,5-12H2,1H3/t14-/m1/s1. The second kappa shape index (κ2) is 7.14. The van der Waals surface area contributed by atoms with Gasteiger partial charge in [-0.2, -0.15) is 0 Å². The fourth-order valence-corrected chi connectivity index (χ4v) is 3.21. The zero-order valence-corrected chi connectivity index (χ0v) is 12.9. The molecule has 0 amide bonds. The third-order valence-corrected chi connectivity index (χ3v) is 4.59. The highest BCUT2D eigenvalue weighted by Gasteiger charge is 2.20. The van der Waals surface area contributed by atoms with Crippen LogP contribution in [0, 0.1) is 5.92 Å². The first-order chi connectivity index (χ1) is 10.3. The molecule has 2 aliphatic heterocycles. The van der Waals surface area contributed by atoms with Crippen molar-refractivity contribution in [2.24, 2.45) is 5.92 Å². The van der Waals surface area contributed by atoms with Crippen molar-refractivity contribution in [3.8, 4) is 0 Å². The van der Waals surface area contributed by atoms with Gasteiger partial charge in [0, 0.05) is 43.7 Å². The van der Waals surface area contributed by atoms with Gasteiger partial charge in [0.1, 0.15) is 0 Å². The van der Waals surface area contributed by atoms with E-state index >= 15 is 0 Å². The van der Waals surface area contributed by atoms with Crippen LogP contribution >= 0.6 is 0 Å². The number of hydrogen-bond donors (Lipinski definition) is 1. The molecule has 2 saturated heterocycles. The van der Waals surface area contributed by atoms with E-state index in [1.165, 1.54) is 11.4 Å². The van der Waals surface area contributed by atoms with E-state index in [9.17, 15) is 0 Å². The van der Waals surface area contributed by atoms with Gasteiger partial charge in [0.15, 0.2) is 0 Å². The molecule has 0 unspecified atom stereocenters. The molecular weight excluding hydrogens is 264 g/mol. The summed E-state index contributed by atoms with van der Waals surface area (Å²) in [5.41, 5.74) is 2.51. The topological polar surface area (TPSA) is 33.7 Å². The highest BCUT2D eigenvalue weighted by molar-refractivity contribution is 5.58. The summed E-state index contributed by atoms with van der Waals surface area (Å²) in [4.78, 5) is 2.40. The smallest absolute Gasteiger partial charge is 0.0642 e. The van der Waals surface area contributed by atoms with Crippen LogP contribution in [-0.4, -0.2) is 45.6 Å². The van der Waals surface area contributed by atoms with Crippen LogP contribution in [0.15, 0.2) is 24.3 Å². The Balaban J connectivity index is 1.62. The summed E-state index contributed by atoms with van der Waals surface area (Å²) in [7, 11) is 0. The maximum Gasteiger partial charge on any atom is 0.0642 e. The lowest BCUT2D eigenvalue weighted by Gasteiger charge is -2.31. The number of nitrogens with one attached hydrogen (secondary N) is 1. The molecule has 1 aromatic carbocycles. The Morgan fingerprint density at radius 3 is 2.57 bits per heavy atom. The molecule has 1 aromatic rings. The molecule has 0 radical (unpaired) electrons. The minimum atomic E-state index is 0.494. The van der Waals surface area contributed by atoms with Gasteiger partial charge in [-0.15, -0.1) is 0 Å². The molecule has 1 N–H and O–H groups in total. The number of rotatable bonds is 4. The monoisotopic (exact) mass is 290 g/mol. The maximum atomic E-state index is 5.45. The molecule has 1 atom stereocenters. The molecule has 2 heterocycles. The Morgan fingerprint density at radius 2 is 1.81 bits per heavy atom. The second-order valence-electron chi connectivity index (χ2n) is 6.03. The fraction of sp³-hybridized carbons (Fsp3) is 0.647. The van der Waals surface area contributed by atoms with E-state index in [4.69, 9.17) is 9.47 Å². The van der Waals surface area contributed by atoms with Crippen molar-refractivity contribution >= 4 is 11.4 Å². The van der Waals surface area contributed by atoms with Crippen LogP contribution in [-0.2, 0) is 9.47 Å². The minimum absolute atomic E-state index is 0.494. The molecule has 116 valence electrons. The molecule has 0 aliphatic carbocycles. The van der Waals surface area contributed by atoms with Gasteiger partial charge in [-0.25, -0.2) is 0 Å². The molecule has 4 heteroatoms. The van der Waals surface area contributed by atoms with Gasteiger partial charge < -0.3 is 19.7 Å². The Kier molecular flexibility index (Phi) is 4.99. The first kappa shape index (κ1) is 14.7. The Morgan fingerprint density at radius 1 is 1.10 bits per heavy atom. The summed E-state index contributed by atoms with van der Waals surface area (Å²) in [5, 5.41) is 3.68. The number of morpholine rings is 1. The minimum Gasteiger partial charge on any atom is -0.382 e. The summed E-state index contributed by atoms with van der Waals surface area (Å²) in [5.74, 6) is 0.714. The average molecular weight is 290 g/mol. The van der Waals surface area contributed by atoms with Gasteiger partial charge in [0.25, 0.3) is 0 Å². The highest BCUT2D eigenvalue weighted by Crippen LogP contribution is 2.25. The van der Waals surface area contributed by atoms with E-state index in [2.05, 4.69) is 41.4 Å². The van der Waals surface area contributed by atoms with Crippen LogP contribution in [0.5, 0.6) is 0 Å². The summed E-state index contributed by atoms with van der Waals surface area (Å²) in [6.45, 7) is 7.73. The number of ether oxygens (including phenoxy) is 2. The van der Waals surface area contributed by atoms with Gasteiger partial charge in [-0.05, 0) is 43.9 Å². The Labute approximate surface area is 127 Å². The Hall–Kier alpha value is -1.26. The van der Waals surface area contributed by atoms with Crippen molar-refractivity contribution in [2.75, 3.05) is 49.7 Å². The van der Waals surface area contributed by atoms with Gasteiger partial charge in [-0.3, -0.25) is 0 Å². The number of anilines is 2. The lowest BCUT2D eigenvalue weighted by atomic mass is 9.93. The van der Waals surface area contributed by atoms with Crippen LogP contribution in [0.25, 0.3) is 0 Å². The number of hydrogen-bond acceptors (Lipinski definition) is 4. The SMILES string of the molecule is C[C@@H](Nc1cccc(N2CCOCC2)c1)C1CCOCC1. The normalized spacial score (nSPS) is 22.0. The van der Waals surface area contributed by atoms with Crippen LogP contribution in [0.3, 0.4) is 0 Å². The van der Waals surface area contributed by atoms with E-state index in [0.717, 1.165) is 52.4 Å². The first-order valence-electron chi connectivity index (χ1n) is 8.10. The predicted octanol–water partition coefficient (Wildman–Crippen LogP) is 2.75. The van der Waals surface area contributed by atoms with Crippen LogP contribution in [0.4, 0.5) is 11.4 Å². The fourth-order valence-electron chi connectivity index (χ4n) is 3.21. The van der Waals surface area contributed by atoms with E-state index in [0.29, 0.717) is 12.0 Å². The molecule has 2 fully saturated rings. The third-order valence-electron chi connectivity index (χ3n) is 4.59. The summed E-state index contributed by atoms with van der Waals surface area (Å²) in [6.07, 6.45) is 2.33. The van der Waals surface area contributed by atoms with Crippen molar-refractivity contribution in [3.05, 3.63) is 24.3 Å². The van der Waals surface area contributed by atoms with E-state index in [1.807, 2.05) is 0 Å². The largest absolute Gasteiger partial charge is 0.382 e. The van der Waals surface area contributed by atoms with Crippen molar-refractivity contribution < 1.29 is 9.47 Å². The van der Waals surface area contributed by atoms with Gasteiger partial charge >= 0.3 is 0 Å². The number of benzene rings is 1. The molecule has 0 aromatic heterocycles. The predicted molar refractivity (Wildman–Crippen MR) is 86.1 cm³/mol. The molecular formula is C17H26N2O2. The summed E-state index contributed by atoms with van der Waals surface area (Å²) < 4.78 is 10.9. The van der Waals surface area contributed by atoms with E-state index in [1.54, 1.807) is 0 Å². The van der Waals surface area contributed by atoms with E-state index < -0.39 is 0 Å². The zero-order valence-electron chi connectivity index (χ0n) is 12.9. The average Bonchev–Trinajstić information content (AvgIpc) is 2.57. The molecule has 21 heavy (non-hydrogen) atoms. The van der Waals surface area contributed by atoms with Crippen molar-refractivity contribution in [1.29, 1.82) is 0 Å². The molecule has 4 nitrogen and oxygen atoms in total. The lowest BCUT2D eigenvalue weighted by molar-refractivity contribution is 0.0622. The molecule has 2 aliphatic rings. The first-order valence-corrected chi connectivity index (χ1v) is 8.10. The maximum absolute atomic E-state index is 5.45. The van der Waals surface area contributed by atoms with Crippen LogP contribution in [0.2, 0.25) is 0 Å². The number of nitrogens with zero attached hydrogens (tertiary/aromatic N) is 1. The lowest BCUT2D eigenvalue weighted by Crippen LogP contribution is -2.36. The van der Waals surface area contributed by atoms with Crippen molar-refractivity contribution in [3.63, 3.8) is 0 Å². The molecule has 0 bridgehead atoms. The molecule has 0 saturated carbocycles. The summed E-state index contributed by atoms with van der Waals surface area (Å²) >= 11 is 0. The summed E-state index contributed by atoms with van der Waals surface area (Å²) in [6, 6.07) is 9.26. The third kappa shape index (κ3) is 3.89. The van der Waals surface area contributed by atoms with Crippen molar-refractivity contribution in [1.82, 2.24) is 0 Å². The Bertz CT molecular complexity index is 440.